The Bertz CT molecular complexity index is 604. The summed E-state index contributed by atoms with van der Waals surface area (Å²) in [7, 11) is 3.68. The van der Waals surface area contributed by atoms with E-state index in [1.54, 1.807) is 7.11 Å². The minimum Gasteiger partial charge on any atom is -0.385 e. The first kappa shape index (κ1) is 13.3. The fourth-order valence-electron chi connectivity index (χ4n) is 2.01. The van der Waals surface area contributed by atoms with E-state index in [-0.39, 0.29) is 0 Å². The minimum absolute atomic E-state index is 0.666. The van der Waals surface area contributed by atoms with Gasteiger partial charge in [-0.05, 0) is 18.6 Å². The van der Waals surface area contributed by atoms with Crippen LogP contribution in [0.2, 0.25) is 0 Å². The van der Waals surface area contributed by atoms with Crippen LogP contribution in [0.15, 0.2) is 30.3 Å². The highest BCUT2D eigenvalue weighted by Crippen LogP contribution is 2.21. The molecule has 2 rings (SSSR count). The first-order chi connectivity index (χ1) is 9.26. The van der Waals surface area contributed by atoms with Crippen molar-refractivity contribution in [3.8, 4) is 6.07 Å². The van der Waals surface area contributed by atoms with Crippen molar-refractivity contribution in [2.24, 2.45) is 0 Å². The predicted molar refractivity (Wildman–Crippen MR) is 76.2 cm³/mol. The van der Waals surface area contributed by atoms with Crippen molar-refractivity contribution in [2.75, 3.05) is 32.2 Å². The average molecular weight is 255 g/mol. The van der Waals surface area contributed by atoms with Crippen LogP contribution >= 0.6 is 0 Å². The van der Waals surface area contributed by atoms with Gasteiger partial charge in [-0.1, -0.05) is 18.2 Å². The van der Waals surface area contributed by atoms with Gasteiger partial charge >= 0.3 is 0 Å². The molecule has 2 aromatic rings. The molecule has 0 radical (unpaired) electrons. The molecule has 1 aromatic carbocycles. The topological polar surface area (TPSA) is 49.1 Å². The predicted octanol–water partition coefficient (Wildman–Crippen LogP) is 2.58. The first-order valence-corrected chi connectivity index (χ1v) is 6.26. The Balaban J connectivity index is 2.31. The molecule has 98 valence electrons. The highest BCUT2D eigenvalue weighted by atomic mass is 16.5. The molecule has 1 heterocycles. The van der Waals surface area contributed by atoms with Crippen molar-refractivity contribution in [1.82, 2.24) is 4.98 Å². The van der Waals surface area contributed by atoms with E-state index in [1.807, 2.05) is 42.3 Å². The van der Waals surface area contributed by atoms with Gasteiger partial charge in [-0.3, -0.25) is 0 Å². The Morgan fingerprint density at radius 1 is 1.37 bits per heavy atom. The van der Waals surface area contributed by atoms with Crippen LogP contribution in [0.1, 0.15) is 12.0 Å². The summed E-state index contributed by atoms with van der Waals surface area (Å²) in [5, 5.41) is 10.1. The number of hydrogen-bond acceptors (Lipinski definition) is 4. The number of rotatable bonds is 5. The Morgan fingerprint density at radius 2 is 2.16 bits per heavy atom. The summed E-state index contributed by atoms with van der Waals surface area (Å²) in [5.41, 5.74) is 1.52. The number of methoxy groups -OCH3 is 1. The van der Waals surface area contributed by atoms with E-state index >= 15 is 0 Å². The monoisotopic (exact) mass is 255 g/mol. The Hall–Kier alpha value is -2.12. The third-order valence-electron chi connectivity index (χ3n) is 3.06. The second kappa shape index (κ2) is 6.17. The zero-order valence-corrected chi connectivity index (χ0v) is 11.3. The van der Waals surface area contributed by atoms with E-state index in [0.717, 1.165) is 36.3 Å². The molecule has 1 aromatic heterocycles. The Morgan fingerprint density at radius 3 is 2.89 bits per heavy atom. The van der Waals surface area contributed by atoms with E-state index < -0.39 is 0 Å². The van der Waals surface area contributed by atoms with E-state index in [0.29, 0.717) is 5.56 Å². The molecule has 0 aliphatic carbocycles. The maximum Gasteiger partial charge on any atom is 0.130 e. The van der Waals surface area contributed by atoms with Crippen molar-refractivity contribution in [3.05, 3.63) is 35.9 Å². The van der Waals surface area contributed by atoms with Crippen LogP contribution in [-0.2, 0) is 4.74 Å². The normalized spacial score (nSPS) is 10.4. The summed E-state index contributed by atoms with van der Waals surface area (Å²) in [4.78, 5) is 6.64. The van der Waals surface area contributed by atoms with Gasteiger partial charge in [0.25, 0.3) is 0 Å². The van der Waals surface area contributed by atoms with Crippen LogP contribution in [0.3, 0.4) is 0 Å². The standard InChI is InChI=1S/C15H17N3O/c1-18(8-5-9-19-2)15-10-12(11-16)13-6-3-4-7-14(13)17-15/h3-4,6-7,10H,5,8-9H2,1-2H3. The van der Waals surface area contributed by atoms with Gasteiger partial charge in [0.05, 0.1) is 17.1 Å². The number of pyridine rings is 1. The van der Waals surface area contributed by atoms with Crippen LogP contribution < -0.4 is 4.90 Å². The third kappa shape index (κ3) is 3.01. The summed E-state index contributed by atoms with van der Waals surface area (Å²) in [6.07, 6.45) is 0.934. The van der Waals surface area contributed by atoms with Gasteiger partial charge in [-0.2, -0.15) is 5.26 Å². The number of para-hydroxylation sites is 1. The van der Waals surface area contributed by atoms with Crippen molar-refractivity contribution >= 4 is 16.7 Å². The maximum absolute atomic E-state index is 9.24. The lowest BCUT2D eigenvalue weighted by molar-refractivity contribution is 0.196. The van der Waals surface area contributed by atoms with E-state index in [4.69, 9.17) is 4.74 Å². The lowest BCUT2D eigenvalue weighted by Crippen LogP contribution is -2.21. The SMILES string of the molecule is COCCCN(C)c1cc(C#N)c2ccccc2n1. The average Bonchev–Trinajstić information content (AvgIpc) is 2.46. The number of ether oxygens (including phenoxy) is 1. The molecule has 4 heteroatoms. The Labute approximate surface area is 113 Å². The lowest BCUT2D eigenvalue weighted by Gasteiger charge is -2.18. The molecule has 0 saturated heterocycles. The molecular formula is C15H17N3O. The quantitative estimate of drug-likeness (QED) is 0.770. The zero-order chi connectivity index (χ0) is 13.7. The van der Waals surface area contributed by atoms with Crippen molar-refractivity contribution < 1.29 is 4.74 Å². The van der Waals surface area contributed by atoms with Gasteiger partial charge in [0.2, 0.25) is 0 Å². The number of benzene rings is 1. The van der Waals surface area contributed by atoms with Crippen LogP contribution in [0, 0.1) is 11.3 Å². The molecule has 0 saturated carbocycles. The molecule has 4 nitrogen and oxygen atoms in total. The summed E-state index contributed by atoms with van der Waals surface area (Å²) >= 11 is 0. The first-order valence-electron chi connectivity index (χ1n) is 6.26. The maximum atomic E-state index is 9.24. The molecule has 0 aliphatic heterocycles. The minimum atomic E-state index is 0.666. The van der Waals surface area contributed by atoms with Crippen LogP contribution in [-0.4, -0.2) is 32.3 Å². The van der Waals surface area contributed by atoms with E-state index in [2.05, 4.69) is 11.1 Å². The molecule has 0 bridgehead atoms. The molecule has 0 spiro atoms. The second-order valence-electron chi connectivity index (χ2n) is 4.42. The Kier molecular flexibility index (Phi) is 4.32. The number of nitriles is 1. The molecule has 0 atom stereocenters. The highest BCUT2D eigenvalue weighted by Gasteiger charge is 2.08. The van der Waals surface area contributed by atoms with Crippen molar-refractivity contribution in [2.45, 2.75) is 6.42 Å². The van der Waals surface area contributed by atoms with Gasteiger partial charge in [-0.25, -0.2) is 4.98 Å². The fourth-order valence-corrected chi connectivity index (χ4v) is 2.01. The van der Waals surface area contributed by atoms with Crippen LogP contribution in [0.25, 0.3) is 10.9 Å². The molecule has 0 aliphatic rings. The van der Waals surface area contributed by atoms with Gasteiger partial charge in [0.15, 0.2) is 0 Å². The van der Waals surface area contributed by atoms with Crippen LogP contribution in [0.4, 0.5) is 5.82 Å². The molecule has 0 N–H and O–H groups in total. The van der Waals surface area contributed by atoms with Crippen molar-refractivity contribution in [3.63, 3.8) is 0 Å². The number of aromatic nitrogens is 1. The third-order valence-corrected chi connectivity index (χ3v) is 3.06. The van der Waals surface area contributed by atoms with Gasteiger partial charge in [-0.15, -0.1) is 0 Å². The van der Waals surface area contributed by atoms with E-state index in [1.165, 1.54) is 0 Å². The number of nitrogens with zero attached hydrogens (tertiary/aromatic N) is 3. The fraction of sp³-hybridized carbons (Fsp3) is 0.333. The summed E-state index contributed by atoms with van der Waals surface area (Å²) < 4.78 is 5.04. The number of anilines is 1. The molecular weight excluding hydrogens is 238 g/mol. The molecule has 0 fully saturated rings. The zero-order valence-electron chi connectivity index (χ0n) is 11.3. The van der Waals surface area contributed by atoms with Gasteiger partial charge in [0.1, 0.15) is 5.82 Å². The van der Waals surface area contributed by atoms with Gasteiger partial charge < -0.3 is 9.64 Å². The molecule has 0 amide bonds. The molecule has 19 heavy (non-hydrogen) atoms. The number of hydrogen-bond donors (Lipinski definition) is 0. The summed E-state index contributed by atoms with van der Waals surface area (Å²) in [6, 6.07) is 11.8. The van der Waals surface area contributed by atoms with Crippen LogP contribution in [0.5, 0.6) is 0 Å². The second-order valence-corrected chi connectivity index (χ2v) is 4.42. The molecule has 0 unspecified atom stereocenters. The van der Waals surface area contributed by atoms with Crippen molar-refractivity contribution in [1.29, 1.82) is 5.26 Å². The smallest absolute Gasteiger partial charge is 0.130 e. The summed E-state index contributed by atoms with van der Waals surface area (Å²) in [6.45, 7) is 1.58. The van der Waals surface area contributed by atoms with E-state index in [9.17, 15) is 5.26 Å². The lowest BCUT2D eigenvalue weighted by atomic mass is 10.1. The largest absolute Gasteiger partial charge is 0.385 e. The van der Waals surface area contributed by atoms with Gasteiger partial charge in [0, 0.05) is 32.7 Å². The summed E-state index contributed by atoms with van der Waals surface area (Å²) in [5.74, 6) is 0.825. The number of fused-ring (bicyclic) bond motifs is 1. The highest BCUT2D eigenvalue weighted by molar-refractivity contribution is 5.86.